The van der Waals surface area contributed by atoms with Crippen molar-refractivity contribution in [3.8, 4) is 0 Å². The normalized spacial score (nSPS) is 16.1. The molecule has 1 aromatic rings. The Bertz CT molecular complexity index is 1040. The van der Waals surface area contributed by atoms with Crippen LogP contribution < -0.4 is 10.4 Å². The molecular weight excluding hydrogens is 565 g/mol. The van der Waals surface area contributed by atoms with E-state index in [2.05, 4.69) is 27.7 Å². The maximum atomic E-state index is 15.6. The number of benzene rings is 1. The van der Waals surface area contributed by atoms with Gasteiger partial charge in [0.05, 0.1) is 18.9 Å². The van der Waals surface area contributed by atoms with Crippen molar-refractivity contribution in [1.29, 1.82) is 0 Å². The Morgan fingerprint density at radius 3 is 0.921 bits per heavy atom. The van der Waals surface area contributed by atoms with Crippen LogP contribution in [-0.4, -0.2) is 0 Å². The first-order valence-electron chi connectivity index (χ1n) is 14.1. The Morgan fingerprint density at radius 2 is 0.658 bits per heavy atom. The molecule has 0 aliphatic carbocycles. The number of unbranched alkanes of at least 4 members (excludes halogenated alkanes) is 6. The third-order valence-electron chi connectivity index (χ3n) is 6.69. The SMILES string of the molecule is CCCCCC1=C(CCCC)SC(=c2c(F)c(F)c(=C3SC(CCCC)=C(CCCCC)S3)c(F)c2F)S1. The van der Waals surface area contributed by atoms with Gasteiger partial charge in [-0.2, -0.15) is 0 Å². The highest BCUT2D eigenvalue weighted by molar-refractivity contribution is 8.36. The fourth-order valence-corrected chi connectivity index (χ4v) is 10.3. The summed E-state index contributed by atoms with van der Waals surface area (Å²) in [6.07, 6.45) is 13.6. The van der Waals surface area contributed by atoms with Crippen LogP contribution in [-0.2, 0) is 0 Å². The van der Waals surface area contributed by atoms with E-state index in [4.69, 9.17) is 0 Å². The molecule has 0 spiro atoms. The monoisotopic (exact) mass is 604 g/mol. The van der Waals surface area contributed by atoms with Gasteiger partial charge in [-0.25, -0.2) is 17.6 Å². The number of halogens is 4. The molecule has 1 aromatic carbocycles. The minimum atomic E-state index is -1.28. The molecular formula is C30H40F4S4. The van der Waals surface area contributed by atoms with Gasteiger partial charge in [-0.1, -0.05) is 113 Å². The third-order valence-corrected chi connectivity index (χ3v) is 12.3. The van der Waals surface area contributed by atoms with Gasteiger partial charge in [-0.3, -0.25) is 0 Å². The molecule has 0 radical (unpaired) electrons. The smallest absolute Gasteiger partial charge is 0.171 e. The Morgan fingerprint density at radius 1 is 0.395 bits per heavy atom. The maximum Gasteiger partial charge on any atom is 0.171 e. The van der Waals surface area contributed by atoms with E-state index in [0.717, 1.165) is 110 Å². The van der Waals surface area contributed by atoms with Crippen LogP contribution in [0.3, 0.4) is 0 Å². The van der Waals surface area contributed by atoms with E-state index in [1.807, 2.05) is 0 Å². The molecule has 2 aliphatic rings. The molecule has 0 atom stereocenters. The first-order valence-corrected chi connectivity index (χ1v) is 17.4. The minimum absolute atomic E-state index is 0.320. The summed E-state index contributed by atoms with van der Waals surface area (Å²) >= 11 is 5.19. The number of rotatable bonds is 14. The van der Waals surface area contributed by atoms with Gasteiger partial charge >= 0.3 is 0 Å². The average Bonchev–Trinajstić information content (AvgIpc) is 3.49. The highest BCUT2D eigenvalue weighted by atomic mass is 32.2. The Labute approximate surface area is 243 Å². The van der Waals surface area contributed by atoms with Crippen LogP contribution in [0.2, 0.25) is 0 Å². The number of hydrogen-bond acceptors (Lipinski definition) is 4. The topological polar surface area (TPSA) is 0 Å². The van der Waals surface area contributed by atoms with E-state index >= 15 is 17.6 Å². The van der Waals surface area contributed by atoms with Gasteiger partial charge in [0.15, 0.2) is 23.3 Å². The molecule has 2 aliphatic heterocycles. The molecule has 212 valence electrons. The summed E-state index contributed by atoms with van der Waals surface area (Å²) in [7, 11) is 0. The molecule has 0 N–H and O–H groups in total. The van der Waals surface area contributed by atoms with Crippen molar-refractivity contribution in [3.05, 3.63) is 53.3 Å². The summed E-state index contributed by atoms with van der Waals surface area (Å²) in [4.78, 5) is 4.36. The van der Waals surface area contributed by atoms with Crippen molar-refractivity contribution < 1.29 is 17.6 Å². The zero-order chi connectivity index (χ0) is 27.7. The van der Waals surface area contributed by atoms with Crippen LogP contribution in [0.4, 0.5) is 17.6 Å². The van der Waals surface area contributed by atoms with Gasteiger partial charge in [-0.05, 0) is 51.4 Å². The number of allylic oxidation sites excluding steroid dienone is 4. The second-order valence-corrected chi connectivity index (χ2v) is 14.7. The lowest BCUT2D eigenvalue weighted by Gasteiger charge is -2.07. The molecule has 3 rings (SSSR count). The molecule has 0 unspecified atom stereocenters. The molecule has 0 aromatic heterocycles. The molecule has 0 fully saturated rings. The molecule has 8 heteroatoms. The maximum absolute atomic E-state index is 15.6. The largest absolute Gasteiger partial charge is 0.203 e. The molecule has 0 amide bonds. The zero-order valence-corrected chi connectivity index (χ0v) is 26.3. The molecule has 0 bridgehead atoms. The predicted octanol–water partition coefficient (Wildman–Crippen LogP) is 11.3. The lowest BCUT2D eigenvalue weighted by Crippen LogP contribution is -2.30. The number of hydrogen-bond donors (Lipinski definition) is 0. The van der Waals surface area contributed by atoms with Crippen LogP contribution in [0.15, 0.2) is 19.6 Å². The number of thioether (sulfide) groups is 4. The van der Waals surface area contributed by atoms with E-state index in [1.54, 1.807) is 0 Å². The van der Waals surface area contributed by atoms with Crippen LogP contribution in [0, 0.1) is 23.3 Å². The summed E-state index contributed by atoms with van der Waals surface area (Å²) in [6.45, 7) is 8.47. The summed E-state index contributed by atoms with van der Waals surface area (Å²) in [5.74, 6) is -5.10. The van der Waals surface area contributed by atoms with Crippen molar-refractivity contribution >= 4 is 55.5 Å². The average molecular weight is 605 g/mol. The summed E-state index contributed by atoms with van der Waals surface area (Å²) < 4.78 is 62.9. The van der Waals surface area contributed by atoms with Crippen molar-refractivity contribution in [2.75, 3.05) is 0 Å². The van der Waals surface area contributed by atoms with Crippen LogP contribution in [0.25, 0.3) is 8.47 Å². The molecule has 2 heterocycles. The highest BCUT2D eigenvalue weighted by Gasteiger charge is 2.30. The van der Waals surface area contributed by atoms with E-state index in [-0.39, 0.29) is 0 Å². The molecule has 0 nitrogen and oxygen atoms in total. The van der Waals surface area contributed by atoms with Crippen LogP contribution >= 0.6 is 47.0 Å². The van der Waals surface area contributed by atoms with Crippen LogP contribution in [0.5, 0.6) is 0 Å². The van der Waals surface area contributed by atoms with Gasteiger partial charge < -0.3 is 0 Å². The van der Waals surface area contributed by atoms with E-state index in [9.17, 15) is 0 Å². The van der Waals surface area contributed by atoms with Crippen molar-refractivity contribution in [1.82, 2.24) is 0 Å². The summed E-state index contributed by atoms with van der Waals surface area (Å²) in [5, 5.41) is -1.09. The van der Waals surface area contributed by atoms with Crippen molar-refractivity contribution in [2.24, 2.45) is 0 Å². The first-order chi connectivity index (χ1) is 18.4. The minimum Gasteiger partial charge on any atom is -0.203 e. The summed E-state index contributed by atoms with van der Waals surface area (Å²) in [5.41, 5.74) is 0. The highest BCUT2D eigenvalue weighted by Crippen LogP contribution is 2.54. The van der Waals surface area contributed by atoms with Gasteiger partial charge in [0, 0.05) is 19.6 Å². The summed E-state index contributed by atoms with van der Waals surface area (Å²) in [6, 6.07) is 0. The molecule has 0 saturated carbocycles. The zero-order valence-electron chi connectivity index (χ0n) is 23.0. The first kappa shape index (κ1) is 32.1. The Hall–Kier alpha value is -0.440. The lowest BCUT2D eigenvalue weighted by atomic mass is 10.1. The Kier molecular flexibility index (Phi) is 13.6. The van der Waals surface area contributed by atoms with Gasteiger partial charge in [-0.15, -0.1) is 0 Å². The predicted molar refractivity (Wildman–Crippen MR) is 164 cm³/mol. The lowest BCUT2D eigenvalue weighted by molar-refractivity contribution is 0.435. The van der Waals surface area contributed by atoms with E-state index in [1.165, 1.54) is 47.0 Å². The molecule has 38 heavy (non-hydrogen) atoms. The molecule has 0 saturated heterocycles. The van der Waals surface area contributed by atoms with Crippen molar-refractivity contribution in [2.45, 2.75) is 118 Å². The van der Waals surface area contributed by atoms with Gasteiger partial charge in [0.25, 0.3) is 0 Å². The van der Waals surface area contributed by atoms with Gasteiger partial charge in [0.2, 0.25) is 0 Å². The second-order valence-electron chi connectivity index (χ2n) is 9.80. The Balaban J connectivity index is 2.02. The van der Waals surface area contributed by atoms with Gasteiger partial charge in [0.1, 0.15) is 0 Å². The van der Waals surface area contributed by atoms with E-state index in [0.29, 0.717) is 8.47 Å². The van der Waals surface area contributed by atoms with Crippen molar-refractivity contribution in [3.63, 3.8) is 0 Å². The van der Waals surface area contributed by atoms with E-state index < -0.39 is 33.7 Å². The second kappa shape index (κ2) is 16.1. The van der Waals surface area contributed by atoms with Crippen LogP contribution in [0.1, 0.15) is 118 Å². The fourth-order valence-electron chi connectivity index (χ4n) is 4.42. The fraction of sp³-hybridized carbons (Fsp3) is 0.600. The third kappa shape index (κ3) is 7.85. The quantitative estimate of drug-likeness (QED) is 0.118. The standard InChI is InChI=1S/C30H40F4S4/c1-5-9-13-17-21-19(15-11-7-3)35-29(37-21)23-25(31)27(33)24(28(34)26(23)32)30-36-20(16-12-8-4)22(38-30)18-14-10-6-2/h5-18H2,1-4H3.